The van der Waals surface area contributed by atoms with Crippen LogP contribution >= 0.6 is 0 Å². The molecule has 0 saturated heterocycles. The highest BCUT2D eigenvalue weighted by Gasteiger charge is 2.37. The Hall–Kier alpha value is -3.30. The lowest BCUT2D eigenvalue weighted by atomic mass is 10.1. The topological polar surface area (TPSA) is 76.8 Å². The van der Waals surface area contributed by atoms with Crippen molar-refractivity contribution >= 4 is 11.8 Å². The van der Waals surface area contributed by atoms with Crippen molar-refractivity contribution in [3.63, 3.8) is 0 Å². The number of hydrogen-bond acceptors (Lipinski definition) is 3. The van der Waals surface area contributed by atoms with Crippen LogP contribution in [0.1, 0.15) is 29.1 Å². The van der Waals surface area contributed by atoms with Gasteiger partial charge in [-0.25, -0.2) is 9.78 Å². The molecule has 0 saturated carbocycles. The first-order chi connectivity index (χ1) is 14.3. The second kappa shape index (κ2) is 9.02. The first kappa shape index (κ1) is 21.4. The summed E-state index contributed by atoms with van der Waals surface area (Å²) in [6.45, 7) is 2.15. The Morgan fingerprint density at radius 2 is 1.93 bits per heavy atom. The van der Waals surface area contributed by atoms with Crippen molar-refractivity contribution in [1.82, 2.24) is 24.6 Å². The van der Waals surface area contributed by atoms with Gasteiger partial charge in [0.05, 0.1) is 6.54 Å². The predicted molar refractivity (Wildman–Crippen MR) is 106 cm³/mol. The van der Waals surface area contributed by atoms with E-state index in [9.17, 15) is 18.0 Å². The molecule has 1 aromatic carbocycles. The van der Waals surface area contributed by atoms with Crippen molar-refractivity contribution in [2.45, 2.75) is 39.0 Å². The average molecular weight is 420 g/mol. The molecule has 30 heavy (non-hydrogen) atoms. The number of rotatable bonds is 7. The number of carbonyl (C=O) groups excluding carboxylic acids is 1. The highest BCUT2D eigenvalue weighted by atomic mass is 19.4. The van der Waals surface area contributed by atoms with Crippen molar-refractivity contribution in [3.8, 4) is 0 Å². The SMILES string of the molecule is Cc1c(C(F)(F)F)nn(C)c1NC(=O)NCc1nccn1CCCc1ccccc1. The molecule has 2 aromatic heterocycles. The van der Waals surface area contributed by atoms with Crippen molar-refractivity contribution in [2.24, 2.45) is 7.05 Å². The summed E-state index contributed by atoms with van der Waals surface area (Å²) in [4.78, 5) is 16.4. The van der Waals surface area contributed by atoms with E-state index in [1.54, 1.807) is 6.20 Å². The number of hydrogen-bond donors (Lipinski definition) is 2. The molecular weight excluding hydrogens is 397 g/mol. The van der Waals surface area contributed by atoms with Crippen LogP contribution in [0.5, 0.6) is 0 Å². The minimum atomic E-state index is -4.58. The average Bonchev–Trinajstić information content (AvgIpc) is 3.26. The third-order valence-electron chi connectivity index (χ3n) is 4.70. The van der Waals surface area contributed by atoms with Crippen molar-refractivity contribution in [1.29, 1.82) is 0 Å². The second-order valence-electron chi connectivity index (χ2n) is 6.88. The van der Waals surface area contributed by atoms with Gasteiger partial charge in [0.25, 0.3) is 0 Å². The smallest absolute Gasteiger partial charge is 0.333 e. The number of aromatic nitrogens is 4. The lowest BCUT2D eigenvalue weighted by Gasteiger charge is -2.11. The Morgan fingerprint density at radius 1 is 1.20 bits per heavy atom. The molecule has 0 aliphatic rings. The Balaban J connectivity index is 1.54. The first-order valence-electron chi connectivity index (χ1n) is 9.45. The van der Waals surface area contributed by atoms with Crippen LogP contribution in [0.4, 0.5) is 23.8 Å². The number of urea groups is 1. The number of anilines is 1. The molecule has 0 atom stereocenters. The maximum absolute atomic E-state index is 13.0. The molecule has 2 N–H and O–H groups in total. The Bertz CT molecular complexity index is 994. The predicted octanol–water partition coefficient (Wildman–Crippen LogP) is 3.90. The van der Waals surface area contributed by atoms with Crippen LogP contribution < -0.4 is 10.6 Å². The molecule has 0 fully saturated rings. The summed E-state index contributed by atoms with van der Waals surface area (Å²) in [5, 5.41) is 8.51. The van der Waals surface area contributed by atoms with Crippen LogP contribution in [-0.2, 0) is 32.7 Å². The molecule has 0 aliphatic heterocycles. The van der Waals surface area contributed by atoms with Gasteiger partial charge in [0.2, 0.25) is 0 Å². The highest BCUT2D eigenvalue weighted by Crippen LogP contribution is 2.33. The third-order valence-corrected chi connectivity index (χ3v) is 4.70. The van der Waals surface area contributed by atoms with Gasteiger partial charge in [-0.3, -0.25) is 10.00 Å². The number of nitrogens with one attached hydrogen (secondary N) is 2. The van der Waals surface area contributed by atoms with Gasteiger partial charge in [0.15, 0.2) is 5.69 Å². The van der Waals surface area contributed by atoms with E-state index in [1.807, 2.05) is 29.0 Å². The van der Waals surface area contributed by atoms with E-state index in [-0.39, 0.29) is 17.9 Å². The van der Waals surface area contributed by atoms with E-state index < -0.39 is 17.9 Å². The van der Waals surface area contributed by atoms with E-state index in [0.29, 0.717) is 5.82 Å². The molecular formula is C20H23F3N6O. The van der Waals surface area contributed by atoms with E-state index in [4.69, 9.17) is 0 Å². The zero-order chi connectivity index (χ0) is 21.7. The van der Waals surface area contributed by atoms with E-state index in [0.717, 1.165) is 24.1 Å². The molecule has 0 bridgehead atoms. The van der Waals surface area contributed by atoms with Gasteiger partial charge in [-0.15, -0.1) is 0 Å². The van der Waals surface area contributed by atoms with Gasteiger partial charge in [0.1, 0.15) is 11.6 Å². The summed E-state index contributed by atoms with van der Waals surface area (Å²) in [7, 11) is 1.34. The molecule has 2 heterocycles. The highest BCUT2D eigenvalue weighted by molar-refractivity contribution is 5.89. The number of halogens is 3. The summed E-state index contributed by atoms with van der Waals surface area (Å²) >= 11 is 0. The number of nitrogens with zero attached hydrogens (tertiary/aromatic N) is 4. The van der Waals surface area contributed by atoms with Crippen molar-refractivity contribution in [3.05, 3.63) is 65.4 Å². The van der Waals surface area contributed by atoms with E-state index in [2.05, 4.69) is 32.8 Å². The summed E-state index contributed by atoms with van der Waals surface area (Å²) in [6.07, 6.45) is 0.740. The number of alkyl halides is 3. The lowest BCUT2D eigenvalue weighted by molar-refractivity contribution is -0.141. The van der Waals surface area contributed by atoms with Gasteiger partial charge in [-0.1, -0.05) is 30.3 Å². The summed E-state index contributed by atoms with van der Waals surface area (Å²) in [5.74, 6) is 0.655. The van der Waals surface area contributed by atoms with Gasteiger partial charge >= 0.3 is 12.2 Å². The van der Waals surface area contributed by atoms with E-state index in [1.165, 1.54) is 19.5 Å². The molecule has 2 amide bonds. The van der Waals surface area contributed by atoms with Crippen LogP contribution in [0.2, 0.25) is 0 Å². The largest absolute Gasteiger partial charge is 0.435 e. The first-order valence-corrected chi connectivity index (χ1v) is 9.45. The van der Waals surface area contributed by atoms with Crippen LogP contribution in [0, 0.1) is 6.92 Å². The van der Waals surface area contributed by atoms with Gasteiger partial charge < -0.3 is 9.88 Å². The van der Waals surface area contributed by atoms with Gasteiger partial charge in [0, 0.05) is 31.5 Å². The maximum Gasteiger partial charge on any atom is 0.435 e. The quantitative estimate of drug-likeness (QED) is 0.609. The number of aryl methyl sites for hydroxylation is 3. The second-order valence-corrected chi connectivity index (χ2v) is 6.88. The van der Waals surface area contributed by atoms with E-state index >= 15 is 0 Å². The normalized spacial score (nSPS) is 11.5. The third kappa shape index (κ3) is 5.19. The van der Waals surface area contributed by atoms with Crippen LogP contribution in [0.15, 0.2) is 42.7 Å². The number of imidazole rings is 1. The number of benzene rings is 1. The lowest BCUT2D eigenvalue weighted by Crippen LogP contribution is -2.30. The minimum absolute atomic E-state index is 0.00831. The fraction of sp³-hybridized carbons (Fsp3) is 0.350. The standard InChI is InChI=1S/C20H23F3N6O/c1-14-17(20(21,22)23)27-28(2)18(14)26-19(30)25-13-16-24-10-12-29(16)11-6-9-15-7-4-3-5-8-15/h3-5,7-8,10,12H,6,9,11,13H2,1-2H3,(H2,25,26,30). The molecule has 0 aliphatic carbocycles. The molecule has 3 rings (SSSR count). The van der Waals surface area contributed by atoms with Gasteiger partial charge in [-0.05, 0) is 25.3 Å². The summed E-state index contributed by atoms with van der Waals surface area (Å²) in [5.41, 5.74) is 0.0956. The summed E-state index contributed by atoms with van der Waals surface area (Å²) in [6, 6.07) is 9.50. The Morgan fingerprint density at radius 3 is 2.60 bits per heavy atom. The molecule has 7 nitrogen and oxygen atoms in total. The van der Waals surface area contributed by atoms with Crippen LogP contribution in [0.3, 0.4) is 0 Å². The fourth-order valence-corrected chi connectivity index (χ4v) is 3.19. The minimum Gasteiger partial charge on any atom is -0.333 e. The zero-order valence-electron chi connectivity index (χ0n) is 16.7. The molecule has 160 valence electrons. The molecule has 0 unspecified atom stereocenters. The monoisotopic (exact) mass is 420 g/mol. The van der Waals surface area contributed by atoms with Gasteiger partial charge in [-0.2, -0.15) is 18.3 Å². The Labute approximate surface area is 171 Å². The molecule has 10 heteroatoms. The number of amides is 2. The Kier molecular flexibility index (Phi) is 6.43. The van der Waals surface area contributed by atoms with Crippen molar-refractivity contribution in [2.75, 3.05) is 5.32 Å². The van der Waals surface area contributed by atoms with Crippen molar-refractivity contribution < 1.29 is 18.0 Å². The molecule has 0 spiro atoms. The maximum atomic E-state index is 13.0. The summed E-state index contributed by atoms with van der Waals surface area (Å²) < 4.78 is 41.8. The molecule has 3 aromatic rings. The van der Waals surface area contributed by atoms with Crippen LogP contribution in [-0.4, -0.2) is 25.4 Å². The molecule has 0 radical (unpaired) electrons. The van der Waals surface area contributed by atoms with Crippen LogP contribution in [0.25, 0.3) is 0 Å². The zero-order valence-corrected chi connectivity index (χ0v) is 16.7. The number of carbonyl (C=O) groups is 1. The fourth-order valence-electron chi connectivity index (χ4n) is 3.19.